The van der Waals surface area contributed by atoms with Crippen molar-refractivity contribution in [2.24, 2.45) is 11.8 Å². The van der Waals surface area contributed by atoms with Gasteiger partial charge in [-0.2, -0.15) is 0 Å². The van der Waals surface area contributed by atoms with Crippen LogP contribution in [0.15, 0.2) is 0 Å². The second kappa shape index (κ2) is 40.1. The minimum atomic E-state index is -0.524. The molecule has 328 valence electrons. The van der Waals surface area contributed by atoms with Crippen LogP contribution in [0.2, 0.25) is 0 Å². The summed E-state index contributed by atoms with van der Waals surface area (Å²) in [6.07, 6.45) is 40.8. The van der Waals surface area contributed by atoms with Crippen LogP contribution in [-0.4, -0.2) is 98.4 Å². The van der Waals surface area contributed by atoms with Crippen LogP contribution in [0.3, 0.4) is 0 Å². The van der Waals surface area contributed by atoms with Crippen molar-refractivity contribution >= 4 is 5.97 Å². The molecule has 0 amide bonds. The molecule has 0 radical (unpaired) electrons. The molecule has 1 fully saturated rings. The maximum absolute atomic E-state index is 12.6. The van der Waals surface area contributed by atoms with E-state index in [-0.39, 0.29) is 5.92 Å². The summed E-state index contributed by atoms with van der Waals surface area (Å²) >= 11 is 0. The van der Waals surface area contributed by atoms with E-state index in [1.165, 1.54) is 232 Å². The second-order valence-electron chi connectivity index (χ2n) is 17.9. The number of unbranched alkanes of at least 4 members (excludes halogenated alkanes) is 24. The van der Waals surface area contributed by atoms with Crippen LogP contribution in [0.1, 0.15) is 226 Å². The van der Waals surface area contributed by atoms with Crippen LogP contribution in [0.4, 0.5) is 0 Å². The van der Waals surface area contributed by atoms with Gasteiger partial charge in [-0.05, 0) is 71.0 Å². The predicted molar refractivity (Wildman–Crippen MR) is 241 cm³/mol. The SMILES string of the molecule is CCCCCCCCCOCCCCCCCCN(CCCCCCC(C(=O)O)C(CCCCCCCC)CCCCCCCC)CCN1CCN(C)CC1. The van der Waals surface area contributed by atoms with E-state index in [1.807, 2.05) is 0 Å². The number of aliphatic carboxylic acids is 1. The first kappa shape index (κ1) is 52.3. The minimum absolute atomic E-state index is 0.145. The number of nitrogens with zero attached hydrogens (tertiary/aromatic N) is 3. The van der Waals surface area contributed by atoms with Crippen molar-refractivity contribution in [3.05, 3.63) is 0 Å². The molecule has 0 saturated carbocycles. The molecule has 1 unspecified atom stereocenters. The molecular formula is C49H99N3O3. The number of ether oxygens (including phenoxy) is 1. The Hall–Kier alpha value is -0.690. The number of carboxylic acid groups (broad SMARTS) is 1. The van der Waals surface area contributed by atoms with Gasteiger partial charge in [-0.3, -0.25) is 9.69 Å². The van der Waals surface area contributed by atoms with Crippen molar-refractivity contribution in [3.63, 3.8) is 0 Å². The van der Waals surface area contributed by atoms with E-state index >= 15 is 0 Å². The highest BCUT2D eigenvalue weighted by Gasteiger charge is 2.27. The van der Waals surface area contributed by atoms with E-state index < -0.39 is 5.97 Å². The van der Waals surface area contributed by atoms with Crippen molar-refractivity contribution in [1.82, 2.24) is 14.7 Å². The topological polar surface area (TPSA) is 56.2 Å². The summed E-state index contributed by atoms with van der Waals surface area (Å²) in [5, 5.41) is 10.4. The van der Waals surface area contributed by atoms with E-state index in [0.29, 0.717) is 5.92 Å². The maximum atomic E-state index is 12.6. The van der Waals surface area contributed by atoms with E-state index in [4.69, 9.17) is 4.74 Å². The van der Waals surface area contributed by atoms with Gasteiger partial charge in [0.25, 0.3) is 0 Å². The summed E-state index contributed by atoms with van der Waals surface area (Å²) in [6, 6.07) is 0. The zero-order valence-electron chi connectivity index (χ0n) is 38.0. The summed E-state index contributed by atoms with van der Waals surface area (Å²) in [5.74, 6) is -0.300. The van der Waals surface area contributed by atoms with Crippen molar-refractivity contribution in [1.29, 1.82) is 0 Å². The smallest absolute Gasteiger partial charge is 0.306 e. The Labute approximate surface area is 345 Å². The van der Waals surface area contributed by atoms with Crippen LogP contribution in [0.25, 0.3) is 0 Å². The number of carbonyl (C=O) groups is 1. The highest BCUT2D eigenvalue weighted by Crippen LogP contribution is 2.30. The Bertz CT molecular complexity index is 773. The average molecular weight is 778 g/mol. The Balaban J connectivity index is 2.38. The monoisotopic (exact) mass is 778 g/mol. The third-order valence-corrected chi connectivity index (χ3v) is 12.7. The molecule has 6 nitrogen and oxygen atoms in total. The fraction of sp³-hybridized carbons (Fsp3) is 0.980. The molecule has 1 aliphatic heterocycles. The molecule has 1 saturated heterocycles. The lowest BCUT2D eigenvalue weighted by Crippen LogP contribution is -2.47. The summed E-state index contributed by atoms with van der Waals surface area (Å²) in [5.41, 5.74) is 0. The van der Waals surface area contributed by atoms with Crippen molar-refractivity contribution in [2.75, 3.05) is 72.6 Å². The molecular weight excluding hydrogens is 679 g/mol. The zero-order valence-corrected chi connectivity index (χ0v) is 38.0. The molecule has 1 rings (SSSR count). The molecule has 0 aromatic rings. The lowest BCUT2D eigenvalue weighted by molar-refractivity contribution is -0.144. The summed E-state index contributed by atoms with van der Waals surface area (Å²) < 4.78 is 5.91. The molecule has 6 heteroatoms. The van der Waals surface area contributed by atoms with Gasteiger partial charge in [0.05, 0.1) is 5.92 Å². The number of rotatable bonds is 43. The molecule has 0 spiro atoms. The van der Waals surface area contributed by atoms with Gasteiger partial charge in [0.2, 0.25) is 0 Å². The lowest BCUT2D eigenvalue weighted by Gasteiger charge is -2.34. The molecule has 1 N–H and O–H groups in total. The highest BCUT2D eigenvalue weighted by molar-refractivity contribution is 5.70. The standard InChI is InChI=1S/C49H99N3O3/c1-5-8-11-14-18-25-32-45-55-46-33-26-19-17-23-30-37-51(43-44-52-41-39-50(4)40-42-52)38-31-24-22-29-36-48(49(53)54)47(34-27-20-15-12-9-6-2)35-28-21-16-13-10-7-3/h47-48H,5-46H2,1-4H3,(H,53,54). The zero-order chi connectivity index (χ0) is 39.9. The van der Waals surface area contributed by atoms with Gasteiger partial charge in [-0.25, -0.2) is 0 Å². The van der Waals surface area contributed by atoms with E-state index in [2.05, 4.69) is 42.5 Å². The van der Waals surface area contributed by atoms with E-state index in [1.54, 1.807) is 0 Å². The van der Waals surface area contributed by atoms with Gasteiger partial charge in [0.1, 0.15) is 0 Å². The van der Waals surface area contributed by atoms with Crippen molar-refractivity contribution < 1.29 is 14.6 Å². The highest BCUT2D eigenvalue weighted by atomic mass is 16.5. The van der Waals surface area contributed by atoms with Gasteiger partial charge < -0.3 is 19.6 Å². The van der Waals surface area contributed by atoms with Crippen LogP contribution < -0.4 is 0 Å². The fourth-order valence-electron chi connectivity index (χ4n) is 8.73. The van der Waals surface area contributed by atoms with E-state index in [0.717, 1.165) is 38.9 Å². The first-order chi connectivity index (χ1) is 27.0. The van der Waals surface area contributed by atoms with Gasteiger partial charge in [-0.15, -0.1) is 0 Å². The Morgan fingerprint density at radius 1 is 0.509 bits per heavy atom. The van der Waals surface area contributed by atoms with E-state index in [9.17, 15) is 9.90 Å². The lowest BCUT2D eigenvalue weighted by atomic mass is 9.80. The average Bonchev–Trinajstić information content (AvgIpc) is 3.18. The summed E-state index contributed by atoms with van der Waals surface area (Å²) in [4.78, 5) is 20.5. The van der Waals surface area contributed by atoms with Crippen LogP contribution >= 0.6 is 0 Å². The molecule has 0 aromatic carbocycles. The summed E-state index contributed by atoms with van der Waals surface area (Å²) in [7, 11) is 2.25. The molecule has 1 aliphatic rings. The third kappa shape index (κ3) is 32.9. The van der Waals surface area contributed by atoms with Crippen molar-refractivity contribution in [2.45, 2.75) is 226 Å². The number of likely N-dealkylation sites (N-methyl/N-ethyl adjacent to an activating group) is 1. The van der Waals surface area contributed by atoms with Gasteiger partial charge in [0, 0.05) is 52.5 Å². The molecule has 0 aliphatic carbocycles. The first-order valence-corrected chi connectivity index (χ1v) is 25.0. The fourth-order valence-corrected chi connectivity index (χ4v) is 8.73. The largest absolute Gasteiger partial charge is 0.481 e. The quantitative estimate of drug-likeness (QED) is 0.0622. The summed E-state index contributed by atoms with van der Waals surface area (Å²) in [6.45, 7) is 18.4. The number of hydrogen-bond acceptors (Lipinski definition) is 5. The van der Waals surface area contributed by atoms with Crippen LogP contribution in [0, 0.1) is 11.8 Å². The third-order valence-electron chi connectivity index (χ3n) is 12.7. The van der Waals surface area contributed by atoms with Crippen LogP contribution in [-0.2, 0) is 9.53 Å². The van der Waals surface area contributed by atoms with Gasteiger partial charge in [-0.1, -0.05) is 181 Å². The molecule has 1 heterocycles. The van der Waals surface area contributed by atoms with Crippen LogP contribution in [0.5, 0.6) is 0 Å². The van der Waals surface area contributed by atoms with Crippen molar-refractivity contribution in [3.8, 4) is 0 Å². The number of carboxylic acids is 1. The molecule has 0 bridgehead atoms. The van der Waals surface area contributed by atoms with Gasteiger partial charge in [0.15, 0.2) is 0 Å². The second-order valence-corrected chi connectivity index (χ2v) is 17.9. The minimum Gasteiger partial charge on any atom is -0.481 e. The Morgan fingerprint density at radius 2 is 0.891 bits per heavy atom. The molecule has 0 aromatic heterocycles. The first-order valence-electron chi connectivity index (χ1n) is 25.0. The van der Waals surface area contributed by atoms with Gasteiger partial charge >= 0.3 is 5.97 Å². The number of piperazine rings is 1. The number of hydrogen-bond donors (Lipinski definition) is 1. The predicted octanol–water partition coefficient (Wildman–Crippen LogP) is 13.4. The molecule has 1 atom stereocenters. The Kier molecular flexibility index (Phi) is 38.2. The normalized spacial score (nSPS) is 14.8. The molecule has 55 heavy (non-hydrogen) atoms. The Morgan fingerprint density at radius 3 is 1.33 bits per heavy atom. The maximum Gasteiger partial charge on any atom is 0.306 e.